The Morgan fingerprint density at radius 1 is 0.897 bits per heavy atom. The molecule has 1 aliphatic carbocycles. The third kappa shape index (κ3) is 5.53. The summed E-state index contributed by atoms with van der Waals surface area (Å²) < 4.78 is 45.7. The number of fused-ring (bicyclic) bond motifs is 1. The van der Waals surface area contributed by atoms with E-state index >= 15 is 0 Å². The van der Waals surface area contributed by atoms with E-state index in [9.17, 15) is 0 Å². The van der Waals surface area contributed by atoms with Crippen molar-refractivity contribution in [3.63, 3.8) is 0 Å². The predicted octanol–water partition coefficient (Wildman–Crippen LogP) is 1.32. The highest BCUT2D eigenvalue weighted by molar-refractivity contribution is 5.81. The molecule has 2 aliphatic rings. The van der Waals surface area contributed by atoms with E-state index in [1.54, 1.807) is 0 Å². The molecular weight excluding hydrogens is 396 g/mol. The number of halogens is 1. The zero-order valence-corrected chi connectivity index (χ0v) is 17.1. The first-order valence-electron chi connectivity index (χ1n) is 9.03. The van der Waals surface area contributed by atoms with Crippen molar-refractivity contribution in [2.24, 2.45) is 0 Å². The predicted molar refractivity (Wildman–Crippen MR) is 97.1 cm³/mol. The maximum atomic E-state index is 8.49. The number of benzene rings is 1. The molecule has 0 saturated carbocycles. The summed E-state index contributed by atoms with van der Waals surface area (Å²) in [5.74, 6) is 3.86. The first kappa shape index (κ1) is 21.2. The molecule has 2 aromatic rings. The molecule has 4 rings (SSSR count). The van der Waals surface area contributed by atoms with Crippen LogP contribution in [0.1, 0.15) is 37.2 Å². The molecule has 7 heteroatoms. The third-order valence-electron chi connectivity index (χ3n) is 4.68. The van der Waals surface area contributed by atoms with Gasteiger partial charge in [0.25, 0.3) is 0 Å². The Bertz CT molecular complexity index is 974. The maximum Gasteiger partial charge on any atom is 0.360 e. The van der Waals surface area contributed by atoms with Crippen molar-refractivity contribution in [1.82, 2.24) is 0 Å². The summed E-state index contributed by atoms with van der Waals surface area (Å²) in [5, 5.41) is 0. The molecule has 6 nitrogen and oxygen atoms in total. The summed E-state index contributed by atoms with van der Waals surface area (Å²) in [6, 6.07) is 12.5. The third-order valence-corrected chi connectivity index (χ3v) is 4.68. The Labute approximate surface area is 171 Å². The van der Waals surface area contributed by atoms with Crippen LogP contribution in [0.25, 0.3) is 16.9 Å². The smallest absolute Gasteiger partial charge is 0.360 e. The lowest BCUT2D eigenvalue weighted by Gasteiger charge is -2.17. The van der Waals surface area contributed by atoms with E-state index < -0.39 is 10.2 Å². The Hall–Kier alpha value is -2.48. The molecule has 0 saturated heterocycles. The largest absolute Gasteiger partial charge is 0.467 e. The van der Waals surface area contributed by atoms with Crippen molar-refractivity contribution >= 4 is 5.57 Å². The fraction of sp³-hybridized carbons (Fsp3) is 0.227. The number of ether oxygens (including phenoxy) is 1. The maximum absolute atomic E-state index is 8.49. The molecule has 0 unspecified atom stereocenters. The van der Waals surface area contributed by atoms with E-state index in [2.05, 4.69) is 37.3 Å². The molecule has 0 spiro atoms. The van der Waals surface area contributed by atoms with E-state index in [1.165, 1.54) is 22.3 Å². The lowest BCUT2D eigenvalue weighted by Crippen LogP contribution is -2.68. The monoisotopic (exact) mass is 416 g/mol. The first-order chi connectivity index (χ1) is 13.6. The minimum absolute atomic E-state index is 0.931. The van der Waals surface area contributed by atoms with Gasteiger partial charge in [0.05, 0.1) is 24.1 Å². The molecule has 1 aromatic heterocycles. The SMILES string of the molecule is CC1=CC(=C2CCc3c2cc(-c2ccccc2)[o+]c3C)C=C(C)O1.[O-][Cl+3]([O-])([O-])[O-]. The summed E-state index contributed by atoms with van der Waals surface area (Å²) in [7, 11) is -4.94. The zero-order chi connectivity index (χ0) is 21.2. The van der Waals surface area contributed by atoms with Crippen molar-refractivity contribution in [3.05, 3.63) is 82.5 Å². The highest BCUT2D eigenvalue weighted by Gasteiger charge is 2.29. The number of hydrogen-bond donors (Lipinski definition) is 0. The van der Waals surface area contributed by atoms with Gasteiger partial charge in [0.15, 0.2) is 0 Å². The van der Waals surface area contributed by atoms with Crippen LogP contribution in [0.3, 0.4) is 0 Å². The van der Waals surface area contributed by atoms with Crippen LogP contribution >= 0.6 is 0 Å². The van der Waals surface area contributed by atoms with Gasteiger partial charge in [-0.15, -0.1) is 10.2 Å². The summed E-state index contributed by atoms with van der Waals surface area (Å²) in [6.07, 6.45) is 6.37. The molecule has 0 N–H and O–H groups in total. The van der Waals surface area contributed by atoms with E-state index in [0.29, 0.717) is 0 Å². The van der Waals surface area contributed by atoms with Crippen LogP contribution in [0, 0.1) is 17.2 Å². The van der Waals surface area contributed by atoms with Gasteiger partial charge in [-0.25, -0.2) is 23.1 Å². The van der Waals surface area contributed by atoms with Crippen molar-refractivity contribution in [3.8, 4) is 11.3 Å². The molecule has 0 bridgehead atoms. The normalized spacial score (nSPS) is 15.7. The summed E-state index contributed by atoms with van der Waals surface area (Å²) >= 11 is 0. The number of hydrogen-bond acceptors (Lipinski definition) is 5. The van der Waals surface area contributed by atoms with Crippen molar-refractivity contribution < 1.29 is 38.0 Å². The Morgan fingerprint density at radius 3 is 2.07 bits per heavy atom. The van der Waals surface area contributed by atoms with Crippen LogP contribution in [0.5, 0.6) is 0 Å². The van der Waals surface area contributed by atoms with Gasteiger partial charge in [0.2, 0.25) is 0 Å². The average molecular weight is 417 g/mol. The van der Waals surface area contributed by atoms with Gasteiger partial charge in [-0.2, -0.15) is 0 Å². The topological polar surface area (TPSA) is 113 Å². The Balaban J connectivity index is 0.000000431. The molecule has 0 amide bonds. The summed E-state index contributed by atoms with van der Waals surface area (Å²) in [4.78, 5) is 0. The van der Waals surface area contributed by atoms with Crippen molar-refractivity contribution in [1.29, 1.82) is 0 Å². The van der Waals surface area contributed by atoms with Gasteiger partial charge >= 0.3 is 11.5 Å². The van der Waals surface area contributed by atoms with Crippen molar-refractivity contribution in [2.45, 2.75) is 33.6 Å². The Morgan fingerprint density at radius 2 is 1.48 bits per heavy atom. The summed E-state index contributed by atoms with van der Waals surface area (Å²) in [5.41, 5.74) is 6.43. The van der Waals surface area contributed by atoms with Crippen LogP contribution in [-0.2, 0) is 11.2 Å². The zero-order valence-electron chi connectivity index (χ0n) is 16.4. The number of allylic oxidation sites excluding steroid dienone is 6. The highest BCUT2D eigenvalue weighted by atomic mass is 35.7. The molecule has 152 valence electrons. The second kappa shape index (κ2) is 8.49. The van der Waals surface area contributed by atoms with Gasteiger partial charge in [-0.05, 0) is 67.7 Å². The lowest BCUT2D eigenvalue weighted by atomic mass is 9.98. The number of aryl methyl sites for hydroxylation is 1. The molecule has 2 heterocycles. The van der Waals surface area contributed by atoms with E-state index in [4.69, 9.17) is 27.8 Å². The van der Waals surface area contributed by atoms with E-state index in [1.807, 2.05) is 32.0 Å². The molecule has 0 radical (unpaired) electrons. The summed E-state index contributed by atoms with van der Waals surface area (Å²) in [6.45, 7) is 6.09. The fourth-order valence-electron chi connectivity index (χ4n) is 3.64. The van der Waals surface area contributed by atoms with Gasteiger partial charge in [-0.1, -0.05) is 18.2 Å². The Kier molecular flexibility index (Phi) is 6.21. The number of rotatable bonds is 1. The standard InChI is InChI=1S/C22H21O2.ClHO4/c1-14-11-18(12-15(2)23-14)20-10-9-19-16(3)24-22(13-21(19)20)17-7-5-4-6-8-17;2-1(3,4)5/h4-8,11-13H,9-10H2,1-3H3;(H,2,3,4,5)/q+1;/p-1. The van der Waals surface area contributed by atoms with Crippen LogP contribution in [0.15, 0.2) is 70.1 Å². The van der Waals surface area contributed by atoms with E-state index in [-0.39, 0.29) is 0 Å². The highest BCUT2D eigenvalue weighted by Crippen LogP contribution is 2.40. The quantitative estimate of drug-likeness (QED) is 0.648. The second-order valence-electron chi connectivity index (χ2n) is 6.85. The van der Waals surface area contributed by atoms with Gasteiger partial charge < -0.3 is 4.74 Å². The molecule has 29 heavy (non-hydrogen) atoms. The van der Waals surface area contributed by atoms with Crippen LogP contribution < -0.4 is 18.6 Å². The van der Waals surface area contributed by atoms with Gasteiger partial charge in [0, 0.05) is 0 Å². The second-order valence-corrected chi connectivity index (χ2v) is 7.60. The minimum Gasteiger partial charge on any atom is -0.467 e. The van der Waals surface area contributed by atoms with E-state index in [0.717, 1.165) is 41.4 Å². The van der Waals surface area contributed by atoms with Crippen LogP contribution in [-0.4, -0.2) is 0 Å². The molecular formula is C22H21ClO6. The minimum atomic E-state index is -4.94. The molecule has 0 atom stereocenters. The average Bonchev–Trinajstić information content (AvgIpc) is 3.05. The molecule has 1 aliphatic heterocycles. The van der Waals surface area contributed by atoms with Gasteiger partial charge in [0.1, 0.15) is 11.5 Å². The van der Waals surface area contributed by atoms with Gasteiger partial charge in [-0.3, -0.25) is 0 Å². The lowest BCUT2D eigenvalue weighted by molar-refractivity contribution is -2.00. The van der Waals surface area contributed by atoms with Crippen LogP contribution in [0.2, 0.25) is 0 Å². The van der Waals surface area contributed by atoms with Crippen molar-refractivity contribution in [2.75, 3.05) is 0 Å². The fourth-order valence-corrected chi connectivity index (χ4v) is 3.64. The molecule has 1 aromatic carbocycles. The molecule has 0 fully saturated rings. The first-order valence-corrected chi connectivity index (χ1v) is 10.3. The van der Waals surface area contributed by atoms with Crippen LogP contribution in [0.4, 0.5) is 0 Å².